The van der Waals surface area contributed by atoms with Gasteiger partial charge in [0.2, 0.25) is 0 Å². The molecule has 0 radical (unpaired) electrons. The quantitative estimate of drug-likeness (QED) is 0.820. The van der Waals surface area contributed by atoms with E-state index in [0.717, 1.165) is 11.3 Å². The Morgan fingerprint density at radius 1 is 1.56 bits per heavy atom. The molecule has 1 aromatic heterocycles. The summed E-state index contributed by atoms with van der Waals surface area (Å²) in [5.74, 6) is -0.945. The summed E-state index contributed by atoms with van der Waals surface area (Å²) in [7, 11) is -3.62. The summed E-state index contributed by atoms with van der Waals surface area (Å²) >= 11 is 4.28. The standard InChI is InChI=1S/C10H14BrNO4S2/c1-10(2,5-3-8(13)14)12-18(15,16)9-7(11)4-6-17-9/h4,6,12H,3,5H2,1-2H3,(H,13,14). The molecule has 1 rings (SSSR count). The van der Waals surface area contributed by atoms with Crippen LogP contribution >= 0.6 is 27.3 Å². The highest BCUT2D eigenvalue weighted by atomic mass is 79.9. The van der Waals surface area contributed by atoms with Crippen LogP contribution in [0.4, 0.5) is 0 Å². The van der Waals surface area contributed by atoms with Gasteiger partial charge in [-0.05, 0) is 47.6 Å². The Bertz CT molecular complexity index is 536. The van der Waals surface area contributed by atoms with Crippen molar-refractivity contribution >= 4 is 43.3 Å². The first-order valence-corrected chi connectivity index (χ1v) is 8.28. The SMILES string of the molecule is CC(C)(CCC(=O)O)NS(=O)(=O)c1sccc1Br. The summed E-state index contributed by atoms with van der Waals surface area (Å²) in [5, 5.41) is 10.3. The number of carboxylic acids is 1. The number of carboxylic acid groups (broad SMARTS) is 1. The zero-order valence-electron chi connectivity index (χ0n) is 9.94. The van der Waals surface area contributed by atoms with Gasteiger partial charge in [-0.3, -0.25) is 4.79 Å². The van der Waals surface area contributed by atoms with E-state index in [1.807, 2.05) is 0 Å². The number of hydrogen-bond acceptors (Lipinski definition) is 4. The van der Waals surface area contributed by atoms with Gasteiger partial charge in [0.1, 0.15) is 4.21 Å². The largest absolute Gasteiger partial charge is 0.481 e. The number of carbonyl (C=O) groups is 1. The molecule has 0 amide bonds. The van der Waals surface area contributed by atoms with Gasteiger partial charge in [-0.15, -0.1) is 11.3 Å². The van der Waals surface area contributed by atoms with E-state index in [0.29, 0.717) is 4.47 Å². The Morgan fingerprint density at radius 2 is 2.17 bits per heavy atom. The number of aliphatic carboxylic acids is 1. The maximum absolute atomic E-state index is 12.1. The third-order valence-corrected chi connectivity index (χ3v) is 6.57. The molecule has 5 nitrogen and oxygen atoms in total. The molecule has 1 heterocycles. The van der Waals surface area contributed by atoms with E-state index in [1.165, 1.54) is 0 Å². The van der Waals surface area contributed by atoms with E-state index in [4.69, 9.17) is 5.11 Å². The molecule has 0 aliphatic heterocycles. The van der Waals surface area contributed by atoms with Crippen molar-refractivity contribution < 1.29 is 18.3 Å². The van der Waals surface area contributed by atoms with Crippen LogP contribution in [-0.4, -0.2) is 25.0 Å². The van der Waals surface area contributed by atoms with Crippen LogP contribution in [0.1, 0.15) is 26.7 Å². The second kappa shape index (κ2) is 5.68. The lowest BCUT2D eigenvalue weighted by Crippen LogP contribution is -2.43. The molecule has 2 N–H and O–H groups in total. The Balaban J connectivity index is 2.83. The number of thiophene rings is 1. The highest BCUT2D eigenvalue weighted by Crippen LogP contribution is 2.28. The highest BCUT2D eigenvalue weighted by Gasteiger charge is 2.28. The minimum absolute atomic E-state index is 0.0822. The van der Waals surface area contributed by atoms with Crippen molar-refractivity contribution in [2.75, 3.05) is 0 Å². The molecule has 0 saturated carbocycles. The summed E-state index contributed by atoms with van der Waals surface area (Å²) in [6, 6.07) is 1.66. The van der Waals surface area contributed by atoms with Gasteiger partial charge in [-0.25, -0.2) is 13.1 Å². The molecule has 18 heavy (non-hydrogen) atoms. The molecule has 0 unspecified atom stereocenters. The number of nitrogens with one attached hydrogen (secondary N) is 1. The van der Waals surface area contributed by atoms with Gasteiger partial charge in [-0.2, -0.15) is 0 Å². The molecule has 0 aromatic carbocycles. The van der Waals surface area contributed by atoms with Gasteiger partial charge in [0.15, 0.2) is 0 Å². The van der Waals surface area contributed by atoms with Gasteiger partial charge in [-0.1, -0.05) is 0 Å². The molecule has 0 aliphatic rings. The predicted octanol–water partition coefficient (Wildman–Crippen LogP) is 2.43. The van der Waals surface area contributed by atoms with Crippen molar-refractivity contribution in [1.29, 1.82) is 0 Å². The number of hydrogen-bond donors (Lipinski definition) is 2. The second-order valence-corrected chi connectivity index (χ2v) is 8.09. The normalized spacial score (nSPS) is 12.6. The van der Waals surface area contributed by atoms with Gasteiger partial charge in [0.05, 0.1) is 0 Å². The molecule has 0 fully saturated rings. The second-order valence-electron chi connectivity index (χ2n) is 4.44. The molecular weight excluding hydrogens is 342 g/mol. The minimum atomic E-state index is -3.62. The fourth-order valence-electron chi connectivity index (χ4n) is 1.35. The molecule has 0 aliphatic carbocycles. The van der Waals surface area contributed by atoms with E-state index in [2.05, 4.69) is 20.7 Å². The molecule has 0 atom stereocenters. The molecule has 8 heteroatoms. The van der Waals surface area contributed by atoms with E-state index in [1.54, 1.807) is 25.3 Å². The topological polar surface area (TPSA) is 83.5 Å². The third-order valence-electron chi connectivity index (χ3n) is 2.20. The summed E-state index contributed by atoms with van der Waals surface area (Å²) in [6.45, 7) is 3.32. The number of rotatable bonds is 6. The average molecular weight is 356 g/mol. The number of halogens is 1. The third kappa shape index (κ3) is 4.34. The van der Waals surface area contributed by atoms with Crippen LogP contribution in [0.3, 0.4) is 0 Å². The summed E-state index contributed by atoms with van der Waals surface area (Å²) in [6.07, 6.45) is 0.145. The lowest BCUT2D eigenvalue weighted by Gasteiger charge is -2.24. The molecular formula is C10H14BrNO4S2. The number of sulfonamides is 1. The van der Waals surface area contributed by atoms with Crippen LogP contribution in [0.5, 0.6) is 0 Å². The highest BCUT2D eigenvalue weighted by molar-refractivity contribution is 9.10. The molecule has 0 spiro atoms. The monoisotopic (exact) mass is 355 g/mol. The lowest BCUT2D eigenvalue weighted by molar-refractivity contribution is -0.137. The van der Waals surface area contributed by atoms with E-state index in [-0.39, 0.29) is 17.1 Å². The Kier molecular flexibility index (Phi) is 4.93. The summed E-state index contributed by atoms with van der Waals surface area (Å²) in [5.41, 5.74) is -0.805. The van der Waals surface area contributed by atoms with Gasteiger partial charge in [0.25, 0.3) is 10.0 Å². The van der Waals surface area contributed by atoms with E-state index >= 15 is 0 Å². The van der Waals surface area contributed by atoms with Crippen molar-refractivity contribution in [1.82, 2.24) is 4.72 Å². The van der Waals surface area contributed by atoms with Crippen molar-refractivity contribution in [2.24, 2.45) is 0 Å². The fraction of sp³-hybridized carbons (Fsp3) is 0.500. The van der Waals surface area contributed by atoms with Gasteiger partial charge >= 0.3 is 5.97 Å². The van der Waals surface area contributed by atoms with E-state index < -0.39 is 21.5 Å². The van der Waals surface area contributed by atoms with Crippen molar-refractivity contribution in [2.45, 2.75) is 36.4 Å². The van der Waals surface area contributed by atoms with Crippen molar-refractivity contribution in [3.05, 3.63) is 15.9 Å². The maximum atomic E-state index is 12.1. The zero-order chi connectivity index (χ0) is 14.0. The molecule has 0 saturated heterocycles. The van der Waals surface area contributed by atoms with Crippen LogP contribution in [0.25, 0.3) is 0 Å². The van der Waals surface area contributed by atoms with Gasteiger partial charge < -0.3 is 5.11 Å². The average Bonchev–Trinajstić information content (AvgIpc) is 2.61. The van der Waals surface area contributed by atoms with Crippen molar-refractivity contribution in [3.8, 4) is 0 Å². The van der Waals surface area contributed by atoms with Crippen LogP contribution in [-0.2, 0) is 14.8 Å². The Labute approximate surface area is 118 Å². The minimum Gasteiger partial charge on any atom is -0.481 e. The maximum Gasteiger partial charge on any atom is 0.303 e. The first-order valence-electron chi connectivity index (χ1n) is 5.13. The zero-order valence-corrected chi connectivity index (χ0v) is 13.2. The first kappa shape index (κ1) is 15.6. The molecule has 0 bridgehead atoms. The van der Waals surface area contributed by atoms with Gasteiger partial charge in [0, 0.05) is 16.4 Å². The fourth-order valence-corrected chi connectivity index (χ4v) is 5.13. The smallest absolute Gasteiger partial charge is 0.303 e. The van der Waals surface area contributed by atoms with Crippen LogP contribution in [0.2, 0.25) is 0 Å². The van der Waals surface area contributed by atoms with Crippen LogP contribution < -0.4 is 4.72 Å². The molecule has 102 valence electrons. The lowest BCUT2D eigenvalue weighted by atomic mass is 10.0. The predicted molar refractivity (Wildman–Crippen MR) is 73.3 cm³/mol. The summed E-state index contributed by atoms with van der Waals surface area (Å²) in [4.78, 5) is 10.5. The molecule has 1 aromatic rings. The van der Waals surface area contributed by atoms with Crippen LogP contribution in [0, 0.1) is 0 Å². The van der Waals surface area contributed by atoms with Crippen LogP contribution in [0.15, 0.2) is 20.1 Å². The van der Waals surface area contributed by atoms with Crippen molar-refractivity contribution in [3.63, 3.8) is 0 Å². The first-order chi connectivity index (χ1) is 8.14. The van der Waals surface area contributed by atoms with E-state index in [9.17, 15) is 13.2 Å². The Hall–Kier alpha value is -0.440. The Morgan fingerprint density at radius 3 is 2.61 bits per heavy atom. The summed E-state index contributed by atoms with van der Waals surface area (Å²) < 4.78 is 27.4.